The van der Waals surface area contributed by atoms with E-state index in [1.165, 1.54) is 11.3 Å². The number of fused-ring (bicyclic) bond motifs is 1. The molecule has 0 unspecified atom stereocenters. The van der Waals surface area contributed by atoms with Crippen molar-refractivity contribution in [1.82, 2.24) is 14.8 Å². The Labute approximate surface area is 223 Å². The summed E-state index contributed by atoms with van der Waals surface area (Å²) in [5, 5.41) is 4.33. The van der Waals surface area contributed by atoms with Gasteiger partial charge in [-0.2, -0.15) is 0 Å². The summed E-state index contributed by atoms with van der Waals surface area (Å²) in [4.78, 5) is 29.7. The summed E-state index contributed by atoms with van der Waals surface area (Å²) >= 11 is 9.04. The van der Waals surface area contributed by atoms with E-state index < -0.39 is 0 Å². The summed E-state index contributed by atoms with van der Waals surface area (Å²) in [5.41, 5.74) is 2.83. The van der Waals surface area contributed by atoms with Crippen LogP contribution in [0.4, 0.5) is 5.69 Å². The number of piperidine rings is 1. The van der Waals surface area contributed by atoms with E-state index in [-0.39, 0.29) is 18.4 Å². The number of ether oxygens (including phenoxy) is 1. The van der Waals surface area contributed by atoms with E-state index in [9.17, 15) is 9.59 Å². The van der Waals surface area contributed by atoms with Crippen LogP contribution in [0.15, 0.2) is 58.8 Å². The fourth-order valence-corrected chi connectivity index (χ4v) is 5.37. The molecular formula is C27H27BrN4O3S. The van der Waals surface area contributed by atoms with Gasteiger partial charge in [0, 0.05) is 40.2 Å². The topological polar surface area (TPSA) is 66.8 Å². The second-order valence-corrected chi connectivity index (χ2v) is 10.2. The number of nitrogens with one attached hydrogen (secondary N) is 1. The highest BCUT2D eigenvalue weighted by molar-refractivity contribution is 9.10. The number of hydrogen-bond donors (Lipinski definition) is 1. The van der Waals surface area contributed by atoms with Crippen LogP contribution in [0.2, 0.25) is 0 Å². The van der Waals surface area contributed by atoms with E-state index in [0.717, 1.165) is 52.6 Å². The highest BCUT2D eigenvalue weighted by Crippen LogP contribution is 2.30. The summed E-state index contributed by atoms with van der Waals surface area (Å²) < 4.78 is 8.39. The number of likely N-dealkylation sites (tertiary alicyclic amines) is 1. The predicted octanol–water partition coefficient (Wildman–Crippen LogP) is 5.08. The van der Waals surface area contributed by atoms with Gasteiger partial charge in [0.1, 0.15) is 18.0 Å². The van der Waals surface area contributed by atoms with Gasteiger partial charge in [-0.05, 0) is 86.9 Å². The van der Waals surface area contributed by atoms with Crippen molar-refractivity contribution in [2.75, 3.05) is 24.6 Å². The molecular weight excluding hydrogens is 540 g/mol. The van der Waals surface area contributed by atoms with Gasteiger partial charge < -0.3 is 19.5 Å². The number of carbonyl (C=O) groups is 2. The maximum atomic E-state index is 13.3. The van der Waals surface area contributed by atoms with Gasteiger partial charge >= 0.3 is 0 Å². The van der Waals surface area contributed by atoms with Gasteiger partial charge in [-0.25, -0.2) is 0 Å². The van der Waals surface area contributed by atoms with Gasteiger partial charge in [0.2, 0.25) is 5.91 Å². The number of nitrogens with zero attached hydrogens (tertiary/aromatic N) is 3. The lowest BCUT2D eigenvalue weighted by molar-refractivity contribution is -0.132. The average molecular weight is 568 g/mol. The van der Waals surface area contributed by atoms with Crippen LogP contribution in [0.1, 0.15) is 31.7 Å². The normalized spacial score (nSPS) is 17.2. The highest BCUT2D eigenvalue weighted by atomic mass is 79.9. The Morgan fingerprint density at radius 3 is 2.61 bits per heavy atom. The van der Waals surface area contributed by atoms with Crippen molar-refractivity contribution in [1.29, 1.82) is 0 Å². The Kier molecular flexibility index (Phi) is 7.11. The molecule has 1 N–H and O–H groups in total. The number of amides is 2. The molecule has 2 aromatic carbocycles. The predicted molar refractivity (Wildman–Crippen MR) is 149 cm³/mol. The monoisotopic (exact) mass is 566 g/mol. The first-order valence-corrected chi connectivity index (χ1v) is 13.3. The minimum absolute atomic E-state index is 0.117. The van der Waals surface area contributed by atoms with Crippen LogP contribution in [0.25, 0.3) is 17.0 Å². The molecule has 7 nitrogen and oxygen atoms in total. The molecule has 36 heavy (non-hydrogen) atoms. The molecule has 3 aromatic rings. The minimum Gasteiger partial charge on any atom is -0.494 e. The number of halogens is 1. The lowest BCUT2D eigenvalue weighted by Crippen LogP contribution is -2.37. The SMILES string of the molecule is CCOc1ccc(N2C(=O)/C(=C/c3cn(CC(=O)N4CCCCC4)c4ccc(Br)cc34)NC2=S)cc1. The van der Waals surface area contributed by atoms with Gasteiger partial charge in [-0.3, -0.25) is 14.5 Å². The van der Waals surface area contributed by atoms with Gasteiger partial charge in [0.15, 0.2) is 5.11 Å². The standard InChI is InChI=1S/C27H27BrN4O3S/c1-2-35-21-9-7-20(8-10-21)32-26(34)23(29-27(32)36)14-18-16-31(24-11-6-19(28)15-22(18)24)17-25(33)30-12-4-3-5-13-30/h6-11,14-16H,2-5,12-13,17H2,1H3,(H,29,36)/b23-14-. The summed E-state index contributed by atoms with van der Waals surface area (Å²) in [5.74, 6) is 0.621. The minimum atomic E-state index is -0.232. The first-order valence-electron chi connectivity index (χ1n) is 12.1. The largest absolute Gasteiger partial charge is 0.494 e. The number of carbonyl (C=O) groups excluding carboxylic acids is 2. The van der Waals surface area contributed by atoms with E-state index in [1.807, 2.05) is 65.1 Å². The molecule has 0 bridgehead atoms. The average Bonchev–Trinajstić information content (AvgIpc) is 3.35. The van der Waals surface area contributed by atoms with Crippen LogP contribution in [-0.2, 0) is 16.1 Å². The summed E-state index contributed by atoms with van der Waals surface area (Å²) in [6.45, 7) is 4.39. The number of rotatable bonds is 6. The zero-order chi connectivity index (χ0) is 25.2. The lowest BCUT2D eigenvalue weighted by Gasteiger charge is -2.27. The highest BCUT2D eigenvalue weighted by Gasteiger charge is 2.32. The fourth-order valence-electron chi connectivity index (χ4n) is 4.71. The van der Waals surface area contributed by atoms with Crippen LogP contribution < -0.4 is 15.0 Å². The Bertz CT molecular complexity index is 1360. The molecule has 0 saturated carbocycles. The van der Waals surface area contributed by atoms with Crippen molar-refractivity contribution in [3.63, 3.8) is 0 Å². The Morgan fingerprint density at radius 1 is 1.14 bits per heavy atom. The molecule has 1 aromatic heterocycles. The molecule has 3 heterocycles. The first kappa shape index (κ1) is 24.5. The Hall–Kier alpha value is -3.17. The quantitative estimate of drug-likeness (QED) is 0.333. The van der Waals surface area contributed by atoms with E-state index in [4.69, 9.17) is 17.0 Å². The first-order chi connectivity index (χ1) is 17.4. The molecule has 186 valence electrons. The third-order valence-electron chi connectivity index (χ3n) is 6.47. The number of aromatic nitrogens is 1. The maximum Gasteiger partial charge on any atom is 0.281 e. The summed E-state index contributed by atoms with van der Waals surface area (Å²) in [7, 11) is 0. The van der Waals surface area contributed by atoms with Crippen LogP contribution in [0, 0.1) is 0 Å². The maximum absolute atomic E-state index is 13.3. The molecule has 0 aliphatic carbocycles. The van der Waals surface area contributed by atoms with Crippen molar-refractivity contribution in [2.24, 2.45) is 0 Å². The van der Waals surface area contributed by atoms with Crippen molar-refractivity contribution < 1.29 is 14.3 Å². The van der Waals surface area contributed by atoms with Crippen LogP contribution in [-0.4, -0.2) is 46.1 Å². The number of benzene rings is 2. The van der Waals surface area contributed by atoms with Crippen molar-refractivity contribution >= 4 is 67.7 Å². The molecule has 2 aliphatic heterocycles. The third kappa shape index (κ3) is 4.90. The second kappa shape index (κ2) is 10.4. The van der Waals surface area contributed by atoms with Gasteiger partial charge in [0.25, 0.3) is 5.91 Å². The third-order valence-corrected chi connectivity index (χ3v) is 7.25. The van der Waals surface area contributed by atoms with Crippen LogP contribution in [0.5, 0.6) is 5.75 Å². The van der Waals surface area contributed by atoms with Crippen molar-refractivity contribution in [2.45, 2.75) is 32.7 Å². The number of hydrogen-bond acceptors (Lipinski definition) is 4. The molecule has 0 radical (unpaired) electrons. The van der Waals surface area contributed by atoms with E-state index in [0.29, 0.717) is 23.1 Å². The molecule has 5 rings (SSSR count). The van der Waals surface area contributed by atoms with Crippen molar-refractivity contribution in [3.05, 3.63) is 64.4 Å². The van der Waals surface area contributed by atoms with Gasteiger partial charge in [0.05, 0.1) is 12.3 Å². The van der Waals surface area contributed by atoms with Gasteiger partial charge in [-0.15, -0.1) is 0 Å². The summed E-state index contributed by atoms with van der Waals surface area (Å²) in [6.07, 6.45) is 7.03. The molecule has 2 saturated heterocycles. The van der Waals surface area contributed by atoms with E-state index in [1.54, 1.807) is 6.08 Å². The zero-order valence-electron chi connectivity index (χ0n) is 20.0. The summed E-state index contributed by atoms with van der Waals surface area (Å²) in [6, 6.07) is 13.2. The lowest BCUT2D eigenvalue weighted by atomic mass is 10.1. The smallest absolute Gasteiger partial charge is 0.281 e. The van der Waals surface area contributed by atoms with Gasteiger partial charge in [-0.1, -0.05) is 15.9 Å². The van der Waals surface area contributed by atoms with Crippen molar-refractivity contribution in [3.8, 4) is 5.75 Å². The van der Waals surface area contributed by atoms with Crippen LogP contribution in [0.3, 0.4) is 0 Å². The Morgan fingerprint density at radius 2 is 1.89 bits per heavy atom. The molecule has 0 spiro atoms. The van der Waals surface area contributed by atoms with Crippen LogP contribution >= 0.6 is 28.1 Å². The molecule has 0 atom stereocenters. The number of anilines is 1. The second-order valence-electron chi connectivity index (χ2n) is 8.87. The number of thiocarbonyl (C=S) groups is 1. The fraction of sp³-hybridized carbons (Fsp3) is 0.296. The Balaban J connectivity index is 1.44. The molecule has 2 aliphatic rings. The molecule has 2 amide bonds. The van der Waals surface area contributed by atoms with E-state index in [2.05, 4.69) is 21.2 Å². The van der Waals surface area contributed by atoms with E-state index >= 15 is 0 Å². The zero-order valence-corrected chi connectivity index (χ0v) is 22.4. The molecule has 9 heteroatoms. The molecule has 2 fully saturated rings.